The normalized spacial score (nSPS) is 12.7. The number of halogens is 1. The van der Waals surface area contributed by atoms with Gasteiger partial charge >= 0.3 is 0 Å². The minimum atomic E-state index is 0.0257. The highest BCUT2D eigenvalue weighted by Crippen LogP contribution is 2.36. The van der Waals surface area contributed by atoms with E-state index in [0.29, 0.717) is 0 Å². The maximum absolute atomic E-state index is 5.98. The lowest BCUT2D eigenvalue weighted by atomic mass is 10.1. The zero-order valence-electron chi connectivity index (χ0n) is 9.74. The second-order valence-corrected chi connectivity index (χ2v) is 5.91. The van der Waals surface area contributed by atoms with Crippen LogP contribution in [0.1, 0.15) is 24.3 Å². The Balaban J connectivity index is 2.37. The first-order chi connectivity index (χ1) is 8.08. The predicted octanol–water partition coefficient (Wildman–Crippen LogP) is 4.52. The molecule has 0 spiro atoms. The van der Waals surface area contributed by atoms with E-state index in [1.54, 1.807) is 18.0 Å². The topological polar surface area (TPSA) is 39.2 Å². The molecule has 2 nitrogen and oxygen atoms in total. The fraction of sp³-hybridized carbons (Fsp3) is 0.231. The highest BCUT2D eigenvalue weighted by molar-refractivity contribution is 9.10. The summed E-state index contributed by atoms with van der Waals surface area (Å²) in [7, 11) is 0. The van der Waals surface area contributed by atoms with Gasteiger partial charge in [0.25, 0.3) is 0 Å². The van der Waals surface area contributed by atoms with E-state index in [4.69, 9.17) is 10.2 Å². The van der Waals surface area contributed by atoms with Crippen molar-refractivity contribution in [1.29, 1.82) is 0 Å². The van der Waals surface area contributed by atoms with Crippen molar-refractivity contribution in [1.82, 2.24) is 0 Å². The van der Waals surface area contributed by atoms with Crippen LogP contribution in [0.3, 0.4) is 0 Å². The third-order valence-corrected chi connectivity index (χ3v) is 4.21. The van der Waals surface area contributed by atoms with Gasteiger partial charge in [0.05, 0.1) is 11.2 Å². The molecule has 1 aromatic carbocycles. The molecule has 0 saturated carbocycles. The molecule has 0 aliphatic carbocycles. The Morgan fingerprint density at radius 2 is 2.06 bits per heavy atom. The van der Waals surface area contributed by atoms with Crippen LogP contribution in [0.4, 0.5) is 0 Å². The summed E-state index contributed by atoms with van der Waals surface area (Å²) in [5.74, 6) is 0.936. The van der Waals surface area contributed by atoms with E-state index in [9.17, 15) is 0 Å². The summed E-state index contributed by atoms with van der Waals surface area (Å²) in [5, 5.41) is 0. The van der Waals surface area contributed by atoms with Gasteiger partial charge in [0.1, 0.15) is 5.76 Å². The molecule has 0 saturated heterocycles. The van der Waals surface area contributed by atoms with Crippen LogP contribution in [-0.4, -0.2) is 0 Å². The van der Waals surface area contributed by atoms with Gasteiger partial charge in [-0.15, -0.1) is 0 Å². The largest absolute Gasteiger partial charge is 0.468 e. The van der Waals surface area contributed by atoms with Crippen molar-refractivity contribution in [3.8, 4) is 0 Å². The Morgan fingerprint density at radius 3 is 2.65 bits per heavy atom. The van der Waals surface area contributed by atoms with E-state index < -0.39 is 0 Å². The van der Waals surface area contributed by atoms with Crippen LogP contribution >= 0.6 is 27.7 Å². The lowest BCUT2D eigenvalue weighted by molar-refractivity contribution is 0.527. The van der Waals surface area contributed by atoms with Crippen LogP contribution in [0, 0.1) is 6.92 Å². The Kier molecular flexibility index (Phi) is 3.97. The number of nitrogens with two attached hydrogens (primary N) is 1. The van der Waals surface area contributed by atoms with Gasteiger partial charge in [-0.3, -0.25) is 0 Å². The average molecular weight is 312 g/mol. The Bertz CT molecular complexity index is 522. The van der Waals surface area contributed by atoms with Gasteiger partial charge in [-0.2, -0.15) is 0 Å². The molecule has 17 heavy (non-hydrogen) atoms. The molecule has 1 aromatic heterocycles. The van der Waals surface area contributed by atoms with Crippen molar-refractivity contribution in [2.24, 2.45) is 5.73 Å². The molecule has 0 bridgehead atoms. The molecule has 1 heterocycles. The molecule has 1 unspecified atom stereocenters. The quantitative estimate of drug-likeness (QED) is 0.905. The zero-order valence-corrected chi connectivity index (χ0v) is 12.1. The summed E-state index contributed by atoms with van der Waals surface area (Å²) < 4.78 is 6.36. The third-order valence-electron chi connectivity index (χ3n) is 2.50. The van der Waals surface area contributed by atoms with Gasteiger partial charge in [-0.25, -0.2) is 0 Å². The Labute approximate surface area is 114 Å². The molecule has 0 amide bonds. The Hall–Kier alpha value is -0.710. The fourth-order valence-electron chi connectivity index (χ4n) is 1.57. The number of aryl methyl sites for hydroxylation is 1. The summed E-state index contributed by atoms with van der Waals surface area (Å²) in [6.45, 7) is 3.96. The second kappa shape index (κ2) is 5.29. The number of hydrogen-bond donors (Lipinski definition) is 1. The molecule has 90 valence electrons. The maximum atomic E-state index is 5.98. The van der Waals surface area contributed by atoms with Crippen LogP contribution < -0.4 is 5.73 Å². The first-order valence-electron chi connectivity index (χ1n) is 5.35. The smallest absolute Gasteiger partial charge is 0.114 e. The van der Waals surface area contributed by atoms with Crippen molar-refractivity contribution >= 4 is 27.7 Å². The van der Waals surface area contributed by atoms with Crippen LogP contribution in [-0.2, 0) is 0 Å². The Morgan fingerprint density at radius 1 is 1.29 bits per heavy atom. The molecule has 1 atom stereocenters. The molecule has 0 aliphatic heterocycles. The minimum Gasteiger partial charge on any atom is -0.468 e. The number of benzene rings is 1. The van der Waals surface area contributed by atoms with E-state index in [1.807, 2.05) is 26.0 Å². The molecule has 0 fully saturated rings. The van der Waals surface area contributed by atoms with Crippen LogP contribution in [0.25, 0.3) is 0 Å². The molecule has 0 aliphatic rings. The summed E-state index contributed by atoms with van der Waals surface area (Å²) in [4.78, 5) is 2.30. The van der Waals surface area contributed by atoms with Gasteiger partial charge < -0.3 is 10.2 Å². The van der Waals surface area contributed by atoms with E-state index in [-0.39, 0.29) is 6.04 Å². The predicted molar refractivity (Wildman–Crippen MR) is 74.3 cm³/mol. The monoisotopic (exact) mass is 311 g/mol. The minimum absolute atomic E-state index is 0.0257. The first-order valence-corrected chi connectivity index (χ1v) is 6.96. The van der Waals surface area contributed by atoms with Crippen molar-refractivity contribution in [3.63, 3.8) is 0 Å². The van der Waals surface area contributed by atoms with E-state index >= 15 is 0 Å². The SMILES string of the molecule is Cc1occc1Sc1cc(Br)ccc1C(C)N. The third kappa shape index (κ3) is 2.94. The fourth-order valence-corrected chi connectivity index (χ4v) is 3.19. The maximum Gasteiger partial charge on any atom is 0.114 e. The van der Waals surface area contributed by atoms with Crippen LogP contribution in [0.5, 0.6) is 0 Å². The summed E-state index contributed by atoms with van der Waals surface area (Å²) >= 11 is 5.18. The van der Waals surface area contributed by atoms with Crippen molar-refractivity contribution < 1.29 is 4.42 Å². The standard InChI is InChI=1S/C13H14BrNOS/c1-8(15)11-4-3-10(14)7-13(11)17-12-5-6-16-9(12)2/h3-8H,15H2,1-2H3. The van der Waals surface area contributed by atoms with Crippen LogP contribution in [0.15, 0.2) is 49.2 Å². The molecule has 2 N–H and O–H groups in total. The molecular formula is C13H14BrNOS. The summed E-state index contributed by atoms with van der Waals surface area (Å²) in [5.41, 5.74) is 7.13. The molecule has 0 radical (unpaired) electrons. The lowest BCUT2D eigenvalue weighted by Gasteiger charge is -2.12. The number of furan rings is 1. The van der Waals surface area contributed by atoms with Crippen LogP contribution in [0.2, 0.25) is 0 Å². The molecule has 2 rings (SSSR count). The van der Waals surface area contributed by atoms with E-state index in [1.165, 1.54) is 4.90 Å². The molecular weight excluding hydrogens is 298 g/mol. The van der Waals surface area contributed by atoms with Crippen molar-refractivity contribution in [2.45, 2.75) is 29.7 Å². The van der Waals surface area contributed by atoms with E-state index in [2.05, 4.69) is 28.1 Å². The number of rotatable bonds is 3. The van der Waals surface area contributed by atoms with Gasteiger partial charge in [0.15, 0.2) is 0 Å². The van der Waals surface area contributed by atoms with Gasteiger partial charge in [-0.1, -0.05) is 33.8 Å². The van der Waals surface area contributed by atoms with E-state index in [0.717, 1.165) is 20.7 Å². The number of hydrogen-bond acceptors (Lipinski definition) is 3. The molecule has 4 heteroatoms. The van der Waals surface area contributed by atoms with Crippen molar-refractivity contribution in [2.75, 3.05) is 0 Å². The zero-order chi connectivity index (χ0) is 12.4. The van der Waals surface area contributed by atoms with Gasteiger partial charge in [0, 0.05) is 15.4 Å². The summed E-state index contributed by atoms with van der Waals surface area (Å²) in [6.07, 6.45) is 1.71. The summed E-state index contributed by atoms with van der Waals surface area (Å²) in [6, 6.07) is 8.18. The lowest BCUT2D eigenvalue weighted by Crippen LogP contribution is -2.06. The van der Waals surface area contributed by atoms with Crippen molar-refractivity contribution in [3.05, 3.63) is 46.3 Å². The average Bonchev–Trinajstić information content (AvgIpc) is 2.64. The second-order valence-electron chi connectivity index (χ2n) is 3.91. The highest BCUT2D eigenvalue weighted by Gasteiger charge is 2.11. The van der Waals surface area contributed by atoms with Gasteiger partial charge in [-0.05, 0) is 37.6 Å². The first kappa shape index (κ1) is 12.7. The highest BCUT2D eigenvalue weighted by atomic mass is 79.9. The molecule has 2 aromatic rings. The van der Waals surface area contributed by atoms with Gasteiger partial charge in [0.2, 0.25) is 0 Å².